The lowest BCUT2D eigenvalue weighted by Crippen LogP contribution is -2.31. The summed E-state index contributed by atoms with van der Waals surface area (Å²) in [4.78, 5) is 4.89. The summed E-state index contributed by atoms with van der Waals surface area (Å²) in [6, 6.07) is 8.44. The summed E-state index contributed by atoms with van der Waals surface area (Å²) in [5.41, 5.74) is 8.91. The van der Waals surface area contributed by atoms with E-state index in [1.165, 1.54) is 37.6 Å². The van der Waals surface area contributed by atoms with Crippen LogP contribution in [0.5, 0.6) is 0 Å². The Balaban J connectivity index is 2.08. The minimum absolute atomic E-state index is 0.00226. The summed E-state index contributed by atoms with van der Waals surface area (Å²) in [6.07, 6.45) is 6.48. The molecule has 0 aliphatic heterocycles. The van der Waals surface area contributed by atoms with Crippen LogP contribution < -0.4 is 5.73 Å². The van der Waals surface area contributed by atoms with E-state index in [9.17, 15) is 0 Å². The van der Waals surface area contributed by atoms with Gasteiger partial charge in [-0.15, -0.1) is 0 Å². The minimum Gasteiger partial charge on any atom is -0.321 e. The summed E-state index contributed by atoms with van der Waals surface area (Å²) in [6.45, 7) is 6.70. The predicted molar refractivity (Wildman–Crippen MR) is 88.2 cm³/mol. The molecule has 0 spiro atoms. The third kappa shape index (κ3) is 2.71. The summed E-state index contributed by atoms with van der Waals surface area (Å²) < 4.78 is 2.35. The Bertz CT molecular complexity index is 615. The maximum absolute atomic E-state index is 6.65. The van der Waals surface area contributed by atoms with Crippen LogP contribution in [0.4, 0.5) is 0 Å². The highest BCUT2D eigenvalue weighted by Gasteiger charge is 2.29. The van der Waals surface area contributed by atoms with Gasteiger partial charge in [0.05, 0.1) is 17.1 Å². The van der Waals surface area contributed by atoms with Gasteiger partial charge >= 0.3 is 0 Å². The number of nitrogens with two attached hydrogens (primary N) is 1. The van der Waals surface area contributed by atoms with Gasteiger partial charge in [-0.3, -0.25) is 0 Å². The van der Waals surface area contributed by atoms with Crippen molar-refractivity contribution in [2.45, 2.75) is 64.5 Å². The van der Waals surface area contributed by atoms with Gasteiger partial charge in [0.25, 0.3) is 0 Å². The van der Waals surface area contributed by atoms with E-state index in [4.69, 9.17) is 10.7 Å². The highest BCUT2D eigenvalue weighted by Crippen LogP contribution is 2.35. The second-order valence-electron chi connectivity index (χ2n) is 7.39. The van der Waals surface area contributed by atoms with E-state index in [1.807, 2.05) is 0 Å². The standard InChI is InChI=1S/C18H27N3/c1-18(2,3)21-15-12-8-7-11-14(15)20-17(21)16(19)13-9-5-4-6-10-13/h7-8,11-13,16H,4-6,9-10,19H2,1-3H3. The first-order valence-electron chi connectivity index (χ1n) is 8.22. The third-order valence-corrected chi connectivity index (χ3v) is 4.71. The molecule has 0 amide bonds. The van der Waals surface area contributed by atoms with Gasteiger partial charge in [0.15, 0.2) is 0 Å². The lowest BCUT2D eigenvalue weighted by Gasteiger charge is -2.31. The number of nitrogens with zero attached hydrogens (tertiary/aromatic N) is 2. The van der Waals surface area contributed by atoms with Crippen LogP contribution in [0.25, 0.3) is 11.0 Å². The van der Waals surface area contributed by atoms with Gasteiger partial charge in [0, 0.05) is 5.54 Å². The molecule has 1 aliphatic rings. The fraction of sp³-hybridized carbons (Fsp3) is 0.611. The summed E-state index contributed by atoms with van der Waals surface area (Å²) >= 11 is 0. The van der Waals surface area contributed by atoms with Crippen LogP contribution in [-0.4, -0.2) is 9.55 Å². The molecule has 3 nitrogen and oxygen atoms in total. The maximum Gasteiger partial charge on any atom is 0.127 e. The predicted octanol–water partition coefficient (Wildman–Crippen LogP) is 4.37. The van der Waals surface area contributed by atoms with Crippen molar-refractivity contribution in [3.05, 3.63) is 30.1 Å². The fourth-order valence-corrected chi connectivity index (χ4v) is 3.68. The van der Waals surface area contributed by atoms with Crippen LogP contribution in [0.3, 0.4) is 0 Å². The largest absolute Gasteiger partial charge is 0.321 e. The first-order valence-corrected chi connectivity index (χ1v) is 8.22. The van der Waals surface area contributed by atoms with Gasteiger partial charge in [-0.25, -0.2) is 4.98 Å². The average Bonchev–Trinajstić information content (AvgIpc) is 2.86. The number of imidazole rings is 1. The zero-order valence-electron chi connectivity index (χ0n) is 13.5. The topological polar surface area (TPSA) is 43.8 Å². The van der Waals surface area contributed by atoms with E-state index in [-0.39, 0.29) is 11.6 Å². The van der Waals surface area contributed by atoms with Crippen molar-refractivity contribution >= 4 is 11.0 Å². The van der Waals surface area contributed by atoms with Crippen LogP contribution >= 0.6 is 0 Å². The Hall–Kier alpha value is -1.35. The van der Waals surface area contributed by atoms with Crippen molar-refractivity contribution in [1.29, 1.82) is 0 Å². The van der Waals surface area contributed by atoms with E-state index >= 15 is 0 Å². The van der Waals surface area contributed by atoms with Crippen LogP contribution in [0.1, 0.15) is 64.7 Å². The maximum atomic E-state index is 6.65. The van der Waals surface area contributed by atoms with Gasteiger partial charge in [0.1, 0.15) is 5.82 Å². The number of para-hydroxylation sites is 2. The molecule has 114 valence electrons. The molecule has 0 radical (unpaired) electrons. The molecular formula is C18H27N3. The fourth-order valence-electron chi connectivity index (χ4n) is 3.68. The van der Waals surface area contributed by atoms with E-state index in [1.54, 1.807) is 0 Å². The molecule has 3 heteroatoms. The first-order chi connectivity index (χ1) is 9.98. The van der Waals surface area contributed by atoms with Gasteiger partial charge in [-0.2, -0.15) is 0 Å². The molecule has 0 saturated heterocycles. The molecule has 1 heterocycles. The van der Waals surface area contributed by atoms with Gasteiger partial charge in [-0.05, 0) is 51.7 Å². The van der Waals surface area contributed by atoms with Crippen molar-refractivity contribution < 1.29 is 0 Å². The van der Waals surface area contributed by atoms with Crippen molar-refractivity contribution in [2.24, 2.45) is 11.7 Å². The zero-order chi connectivity index (χ0) is 15.0. The van der Waals surface area contributed by atoms with Gasteiger partial charge in [-0.1, -0.05) is 31.4 Å². The Morgan fingerprint density at radius 3 is 2.48 bits per heavy atom. The molecule has 1 unspecified atom stereocenters. The highest BCUT2D eigenvalue weighted by molar-refractivity contribution is 5.76. The lowest BCUT2D eigenvalue weighted by atomic mass is 9.83. The molecule has 1 atom stereocenters. The van der Waals surface area contributed by atoms with Gasteiger partial charge < -0.3 is 10.3 Å². The Morgan fingerprint density at radius 2 is 1.81 bits per heavy atom. The lowest BCUT2D eigenvalue weighted by molar-refractivity contribution is 0.283. The van der Waals surface area contributed by atoms with E-state index in [2.05, 4.69) is 49.6 Å². The van der Waals surface area contributed by atoms with Crippen LogP contribution in [0.2, 0.25) is 0 Å². The quantitative estimate of drug-likeness (QED) is 0.890. The normalized spacial score (nSPS) is 19.0. The number of hydrogen-bond acceptors (Lipinski definition) is 2. The zero-order valence-corrected chi connectivity index (χ0v) is 13.5. The minimum atomic E-state index is -0.00226. The van der Waals surface area contributed by atoms with E-state index < -0.39 is 0 Å². The van der Waals surface area contributed by atoms with Crippen LogP contribution in [0.15, 0.2) is 24.3 Å². The van der Waals surface area contributed by atoms with E-state index in [0.717, 1.165) is 11.3 Å². The second-order valence-corrected chi connectivity index (χ2v) is 7.39. The average molecular weight is 285 g/mol. The van der Waals surface area contributed by atoms with Crippen LogP contribution in [0, 0.1) is 5.92 Å². The molecule has 1 aliphatic carbocycles. The number of rotatable bonds is 2. The molecular weight excluding hydrogens is 258 g/mol. The number of fused-ring (bicyclic) bond motifs is 1. The summed E-state index contributed by atoms with van der Waals surface area (Å²) in [5, 5.41) is 0. The third-order valence-electron chi connectivity index (χ3n) is 4.71. The molecule has 0 bridgehead atoms. The molecule has 1 aromatic heterocycles. The number of aromatic nitrogens is 2. The number of hydrogen-bond donors (Lipinski definition) is 1. The van der Waals surface area contributed by atoms with Gasteiger partial charge in [0.2, 0.25) is 0 Å². The SMILES string of the molecule is CC(C)(C)n1c(C(N)C2CCCCC2)nc2ccccc21. The molecule has 1 fully saturated rings. The number of benzene rings is 1. The Morgan fingerprint density at radius 1 is 1.14 bits per heavy atom. The van der Waals surface area contributed by atoms with Crippen molar-refractivity contribution in [2.75, 3.05) is 0 Å². The Kier molecular flexibility index (Phi) is 3.78. The molecule has 1 saturated carbocycles. The van der Waals surface area contributed by atoms with Crippen molar-refractivity contribution in [3.63, 3.8) is 0 Å². The molecule has 3 rings (SSSR count). The molecule has 1 aromatic carbocycles. The monoisotopic (exact) mass is 285 g/mol. The molecule has 2 N–H and O–H groups in total. The molecule has 21 heavy (non-hydrogen) atoms. The second kappa shape index (κ2) is 5.45. The van der Waals surface area contributed by atoms with Crippen LogP contribution in [-0.2, 0) is 5.54 Å². The van der Waals surface area contributed by atoms with Crippen molar-refractivity contribution in [3.8, 4) is 0 Å². The summed E-state index contributed by atoms with van der Waals surface area (Å²) in [7, 11) is 0. The smallest absolute Gasteiger partial charge is 0.127 e. The van der Waals surface area contributed by atoms with Crippen molar-refractivity contribution in [1.82, 2.24) is 9.55 Å². The first kappa shape index (κ1) is 14.6. The Labute approximate surface area is 127 Å². The highest BCUT2D eigenvalue weighted by atomic mass is 15.2. The van der Waals surface area contributed by atoms with E-state index in [0.29, 0.717) is 5.92 Å². The molecule has 2 aromatic rings. The summed E-state index contributed by atoms with van der Waals surface area (Å²) in [5.74, 6) is 1.65.